The van der Waals surface area contributed by atoms with Crippen molar-refractivity contribution in [2.24, 2.45) is 0 Å². The summed E-state index contributed by atoms with van der Waals surface area (Å²) in [5.74, 6) is 0. The van der Waals surface area contributed by atoms with E-state index in [1.807, 2.05) is 42.6 Å². The van der Waals surface area contributed by atoms with Crippen molar-refractivity contribution in [3.8, 4) is 16.9 Å². The van der Waals surface area contributed by atoms with E-state index in [-0.39, 0.29) is 12.4 Å². The molecular weight excluding hydrogens is 358 g/mol. The lowest BCUT2D eigenvalue weighted by Crippen LogP contribution is -1.95. The third-order valence-corrected chi connectivity index (χ3v) is 4.30. The number of aromatic nitrogens is 6. The zero-order valence-corrected chi connectivity index (χ0v) is 14.8. The van der Waals surface area contributed by atoms with E-state index < -0.39 is 0 Å². The summed E-state index contributed by atoms with van der Waals surface area (Å²) >= 11 is 1.55. The van der Waals surface area contributed by atoms with Gasteiger partial charge in [0.1, 0.15) is 6.33 Å². The summed E-state index contributed by atoms with van der Waals surface area (Å²) in [6.45, 7) is 2.04. The van der Waals surface area contributed by atoms with Gasteiger partial charge in [-0.15, -0.1) is 28.8 Å². The molecule has 0 bridgehead atoms. The molecule has 0 amide bonds. The Bertz CT molecular complexity index is 968. The van der Waals surface area contributed by atoms with Gasteiger partial charge in [-0.2, -0.15) is 0 Å². The predicted molar refractivity (Wildman–Crippen MR) is 99.8 cm³/mol. The van der Waals surface area contributed by atoms with Gasteiger partial charge in [-0.25, -0.2) is 9.67 Å². The fourth-order valence-corrected chi connectivity index (χ4v) is 2.99. The van der Waals surface area contributed by atoms with Crippen LogP contribution in [0.15, 0.2) is 54.4 Å². The SMILES string of the molecule is Cc1ccncc1Nc1nc(-c2cccc(-n3cnnn3)c2)cs1.Cl. The minimum Gasteiger partial charge on any atom is -0.330 e. The number of benzene rings is 1. The third-order valence-electron chi connectivity index (χ3n) is 3.54. The van der Waals surface area contributed by atoms with Crippen molar-refractivity contribution in [2.75, 3.05) is 5.32 Å². The van der Waals surface area contributed by atoms with Crippen molar-refractivity contribution >= 4 is 34.6 Å². The van der Waals surface area contributed by atoms with E-state index in [4.69, 9.17) is 0 Å². The lowest BCUT2D eigenvalue weighted by Gasteiger charge is -2.05. The maximum absolute atomic E-state index is 4.66. The number of hydrogen-bond acceptors (Lipinski definition) is 7. The Morgan fingerprint density at radius 2 is 2.12 bits per heavy atom. The molecule has 0 atom stereocenters. The highest BCUT2D eigenvalue weighted by Gasteiger charge is 2.08. The third kappa shape index (κ3) is 3.65. The molecule has 25 heavy (non-hydrogen) atoms. The lowest BCUT2D eigenvalue weighted by molar-refractivity contribution is 0.789. The van der Waals surface area contributed by atoms with Crippen LogP contribution in [0.1, 0.15) is 5.56 Å². The van der Waals surface area contributed by atoms with Crippen LogP contribution in [0.2, 0.25) is 0 Å². The molecule has 3 aromatic heterocycles. The van der Waals surface area contributed by atoms with Gasteiger partial charge in [-0.1, -0.05) is 12.1 Å². The van der Waals surface area contributed by atoms with E-state index in [9.17, 15) is 0 Å². The molecule has 3 heterocycles. The van der Waals surface area contributed by atoms with Crippen LogP contribution in [0, 0.1) is 6.92 Å². The smallest absolute Gasteiger partial charge is 0.187 e. The van der Waals surface area contributed by atoms with Crippen molar-refractivity contribution in [2.45, 2.75) is 6.92 Å². The summed E-state index contributed by atoms with van der Waals surface area (Å²) in [6.07, 6.45) is 5.14. The average molecular weight is 372 g/mol. The summed E-state index contributed by atoms with van der Waals surface area (Å²) in [7, 11) is 0. The molecule has 0 spiro atoms. The number of thiazole rings is 1. The summed E-state index contributed by atoms with van der Waals surface area (Å²) in [6, 6.07) is 9.90. The van der Waals surface area contributed by atoms with Crippen molar-refractivity contribution in [3.63, 3.8) is 0 Å². The number of anilines is 2. The molecule has 0 saturated carbocycles. The molecule has 1 aromatic carbocycles. The number of tetrazole rings is 1. The second-order valence-corrected chi connectivity index (χ2v) is 6.02. The maximum Gasteiger partial charge on any atom is 0.187 e. The van der Waals surface area contributed by atoms with Gasteiger partial charge in [-0.3, -0.25) is 4.98 Å². The Balaban J connectivity index is 0.00000182. The van der Waals surface area contributed by atoms with Gasteiger partial charge < -0.3 is 5.32 Å². The van der Waals surface area contributed by atoms with Gasteiger partial charge in [0.2, 0.25) is 0 Å². The first kappa shape index (κ1) is 17.0. The molecule has 0 saturated heterocycles. The molecule has 0 aliphatic carbocycles. The molecule has 7 nitrogen and oxygen atoms in total. The fraction of sp³-hybridized carbons (Fsp3) is 0.0625. The van der Waals surface area contributed by atoms with Gasteiger partial charge >= 0.3 is 0 Å². The van der Waals surface area contributed by atoms with Gasteiger partial charge in [0.25, 0.3) is 0 Å². The molecule has 1 N–H and O–H groups in total. The normalized spacial score (nSPS) is 10.3. The van der Waals surface area contributed by atoms with Gasteiger partial charge in [-0.05, 0) is 41.1 Å². The largest absolute Gasteiger partial charge is 0.330 e. The monoisotopic (exact) mass is 371 g/mol. The van der Waals surface area contributed by atoms with Crippen LogP contribution in [-0.4, -0.2) is 30.2 Å². The molecule has 126 valence electrons. The quantitative estimate of drug-likeness (QED) is 0.589. The molecule has 0 radical (unpaired) electrons. The minimum absolute atomic E-state index is 0. The molecule has 0 aliphatic heterocycles. The number of nitrogens with one attached hydrogen (secondary N) is 1. The average Bonchev–Trinajstić information content (AvgIpc) is 3.29. The first-order valence-corrected chi connectivity index (χ1v) is 8.14. The molecule has 4 aromatic rings. The minimum atomic E-state index is 0. The van der Waals surface area contributed by atoms with Crippen molar-refractivity contribution in [1.29, 1.82) is 0 Å². The second kappa shape index (κ2) is 7.37. The highest BCUT2D eigenvalue weighted by atomic mass is 35.5. The van der Waals surface area contributed by atoms with E-state index in [1.54, 1.807) is 34.7 Å². The van der Waals surface area contributed by atoms with E-state index in [0.717, 1.165) is 33.3 Å². The van der Waals surface area contributed by atoms with Crippen molar-refractivity contribution in [3.05, 3.63) is 60.0 Å². The van der Waals surface area contributed by atoms with E-state index in [1.165, 1.54) is 0 Å². The Morgan fingerprint density at radius 1 is 1.20 bits per heavy atom. The number of pyridine rings is 1. The summed E-state index contributed by atoms with van der Waals surface area (Å²) < 4.78 is 1.62. The summed E-state index contributed by atoms with van der Waals surface area (Å²) in [5, 5.41) is 17.4. The molecular formula is C16H14ClN7S. The molecule has 0 unspecified atom stereocenters. The Morgan fingerprint density at radius 3 is 2.92 bits per heavy atom. The van der Waals surface area contributed by atoms with Crippen LogP contribution < -0.4 is 5.32 Å². The Kier molecular flexibility index (Phi) is 5.01. The number of rotatable bonds is 4. The highest BCUT2D eigenvalue weighted by molar-refractivity contribution is 7.14. The van der Waals surface area contributed by atoms with Crippen LogP contribution in [0.4, 0.5) is 10.8 Å². The van der Waals surface area contributed by atoms with Gasteiger partial charge in [0.15, 0.2) is 5.13 Å². The van der Waals surface area contributed by atoms with Crippen molar-refractivity contribution in [1.82, 2.24) is 30.2 Å². The van der Waals surface area contributed by atoms with Crippen LogP contribution in [-0.2, 0) is 0 Å². The number of aryl methyl sites for hydroxylation is 1. The first-order chi connectivity index (χ1) is 11.8. The summed E-state index contributed by atoms with van der Waals surface area (Å²) in [5.41, 5.74) is 4.89. The van der Waals surface area contributed by atoms with Crippen LogP contribution in [0.3, 0.4) is 0 Å². The van der Waals surface area contributed by atoms with E-state index in [0.29, 0.717) is 0 Å². The zero-order chi connectivity index (χ0) is 16.4. The first-order valence-electron chi connectivity index (χ1n) is 7.26. The van der Waals surface area contributed by atoms with Crippen LogP contribution in [0.25, 0.3) is 16.9 Å². The Labute approximate surface area is 154 Å². The number of hydrogen-bond donors (Lipinski definition) is 1. The molecule has 9 heteroatoms. The zero-order valence-electron chi connectivity index (χ0n) is 13.2. The maximum atomic E-state index is 4.66. The highest BCUT2D eigenvalue weighted by Crippen LogP contribution is 2.28. The van der Waals surface area contributed by atoms with E-state index in [2.05, 4.69) is 30.8 Å². The molecule has 4 rings (SSSR count). The van der Waals surface area contributed by atoms with Crippen LogP contribution in [0.5, 0.6) is 0 Å². The topological polar surface area (TPSA) is 81.4 Å². The summed E-state index contributed by atoms with van der Waals surface area (Å²) in [4.78, 5) is 8.80. The number of halogens is 1. The fourth-order valence-electron chi connectivity index (χ4n) is 2.26. The Hall–Kier alpha value is -2.84. The van der Waals surface area contributed by atoms with Crippen molar-refractivity contribution < 1.29 is 0 Å². The standard InChI is InChI=1S/C16H13N7S.ClH/c1-11-5-6-17-8-14(11)19-16-20-15(9-24-16)12-3-2-4-13(7-12)23-10-18-21-22-23;/h2-10H,1H3,(H,19,20);1H. The molecule has 0 fully saturated rings. The van der Waals surface area contributed by atoms with E-state index >= 15 is 0 Å². The second-order valence-electron chi connectivity index (χ2n) is 5.16. The van der Waals surface area contributed by atoms with Crippen LogP contribution >= 0.6 is 23.7 Å². The predicted octanol–water partition coefficient (Wildman–Crippen LogP) is 3.65. The molecule has 0 aliphatic rings. The van der Waals surface area contributed by atoms with Gasteiger partial charge in [0, 0.05) is 17.1 Å². The lowest BCUT2D eigenvalue weighted by atomic mass is 10.1. The number of nitrogens with zero attached hydrogens (tertiary/aromatic N) is 6. The van der Waals surface area contributed by atoms with Gasteiger partial charge in [0.05, 0.1) is 23.3 Å².